The third-order valence-corrected chi connectivity index (χ3v) is 3.55. The fraction of sp³-hybridized carbons (Fsp3) is 0.0714. The van der Waals surface area contributed by atoms with E-state index in [1.807, 2.05) is 36.4 Å². The van der Waals surface area contributed by atoms with Crippen molar-refractivity contribution in [3.8, 4) is 0 Å². The Morgan fingerprint density at radius 1 is 1.16 bits per heavy atom. The van der Waals surface area contributed by atoms with Crippen molar-refractivity contribution < 1.29 is 4.79 Å². The molecule has 0 bridgehead atoms. The maximum atomic E-state index is 11.9. The number of pyridine rings is 1. The van der Waals surface area contributed by atoms with Gasteiger partial charge in [0.1, 0.15) is 10.1 Å². The molecule has 0 aliphatic rings. The van der Waals surface area contributed by atoms with Crippen molar-refractivity contribution in [2.75, 3.05) is 11.1 Å². The molecule has 96 valence electrons. The molecule has 19 heavy (non-hydrogen) atoms. The van der Waals surface area contributed by atoms with Crippen LogP contribution in [0.25, 0.3) is 0 Å². The highest BCUT2D eigenvalue weighted by Gasteiger charge is 2.07. The van der Waals surface area contributed by atoms with Crippen LogP contribution in [0.4, 0.5) is 5.82 Å². The van der Waals surface area contributed by atoms with Crippen LogP contribution in [0.5, 0.6) is 0 Å². The first-order valence-corrected chi connectivity index (χ1v) is 7.08. The third-order valence-electron chi connectivity index (χ3n) is 2.33. The number of carbonyl (C=O) groups is 1. The molecule has 0 aliphatic carbocycles. The number of thioether (sulfide) groups is 1. The van der Waals surface area contributed by atoms with E-state index in [9.17, 15) is 4.79 Å². The van der Waals surface area contributed by atoms with Gasteiger partial charge in [0.05, 0.1) is 5.75 Å². The molecule has 0 radical (unpaired) electrons. The van der Waals surface area contributed by atoms with Gasteiger partial charge >= 0.3 is 0 Å². The monoisotopic (exact) mass is 288 g/mol. The molecule has 2 aromatic rings. The molecule has 0 atom stereocenters. The number of nitrogens with one attached hydrogen (secondary N) is 1. The lowest BCUT2D eigenvalue weighted by molar-refractivity contribution is 0.102. The van der Waals surface area contributed by atoms with Gasteiger partial charge in [0.25, 0.3) is 0 Å². The molecule has 0 unspecified atom stereocenters. The largest absolute Gasteiger partial charge is 0.326 e. The number of Topliss-reactive ketones (excluding diaryl/α,β-unsaturated/α-hetero) is 1. The molecule has 0 saturated heterocycles. The van der Waals surface area contributed by atoms with E-state index in [2.05, 4.69) is 10.3 Å². The molecule has 0 aliphatic heterocycles. The Bertz CT molecular complexity index is 558. The minimum absolute atomic E-state index is 0.0655. The molecule has 1 aromatic carbocycles. The number of hydrogen-bond acceptors (Lipinski definition) is 4. The predicted octanol–water partition coefficient (Wildman–Crippen LogP) is 3.39. The van der Waals surface area contributed by atoms with Crippen LogP contribution in [0, 0.1) is 0 Å². The van der Waals surface area contributed by atoms with Gasteiger partial charge < -0.3 is 5.32 Å². The quantitative estimate of drug-likeness (QED) is 0.690. The van der Waals surface area contributed by atoms with Gasteiger partial charge in [-0.2, -0.15) is 0 Å². The van der Waals surface area contributed by atoms with Crippen molar-refractivity contribution in [3.63, 3.8) is 0 Å². The molecule has 0 saturated carbocycles. The average Bonchev–Trinajstić information content (AvgIpc) is 2.47. The van der Waals surface area contributed by atoms with Gasteiger partial charge in [0, 0.05) is 11.8 Å². The van der Waals surface area contributed by atoms with E-state index >= 15 is 0 Å². The molecule has 2 rings (SSSR count). The summed E-state index contributed by atoms with van der Waals surface area (Å²) in [5.41, 5.74) is 0.704. The maximum absolute atomic E-state index is 11.9. The Morgan fingerprint density at radius 3 is 2.58 bits per heavy atom. The normalized spacial score (nSPS) is 9.89. The van der Waals surface area contributed by atoms with E-state index < -0.39 is 0 Å². The summed E-state index contributed by atoms with van der Waals surface area (Å²) in [5.74, 6) is 1.07. The summed E-state index contributed by atoms with van der Waals surface area (Å²) in [6, 6.07) is 14.7. The van der Waals surface area contributed by atoms with Crippen LogP contribution in [0.3, 0.4) is 0 Å². The van der Waals surface area contributed by atoms with Crippen molar-refractivity contribution in [1.82, 2.24) is 4.98 Å². The third kappa shape index (κ3) is 4.46. The van der Waals surface area contributed by atoms with Gasteiger partial charge in [-0.25, -0.2) is 4.98 Å². The Balaban J connectivity index is 1.83. The number of hydrogen-bond donors (Lipinski definition) is 1. The van der Waals surface area contributed by atoms with Gasteiger partial charge in [-0.05, 0) is 12.1 Å². The van der Waals surface area contributed by atoms with Crippen LogP contribution in [0.15, 0.2) is 54.7 Å². The van der Waals surface area contributed by atoms with E-state index in [1.165, 1.54) is 11.8 Å². The van der Waals surface area contributed by atoms with Gasteiger partial charge in [-0.1, -0.05) is 60.4 Å². The Morgan fingerprint density at radius 2 is 1.89 bits per heavy atom. The van der Waals surface area contributed by atoms with Gasteiger partial charge in [0.15, 0.2) is 5.78 Å². The highest BCUT2D eigenvalue weighted by atomic mass is 32.2. The summed E-state index contributed by atoms with van der Waals surface area (Å²) in [6.07, 6.45) is 1.69. The van der Waals surface area contributed by atoms with E-state index in [1.54, 1.807) is 18.3 Å². The molecular weight excluding hydrogens is 276 g/mol. The standard InChI is InChI=1S/C14H12N2OS2/c17-12(11-6-2-1-3-7-11)10-19-14(18)16-13-8-4-5-9-15-13/h1-9H,10H2,(H,15,16,18). The molecule has 1 heterocycles. The first-order chi connectivity index (χ1) is 9.25. The fourth-order valence-electron chi connectivity index (χ4n) is 1.42. The summed E-state index contributed by atoms with van der Waals surface area (Å²) in [7, 11) is 0. The molecule has 5 heteroatoms. The highest BCUT2D eigenvalue weighted by Crippen LogP contribution is 2.11. The Labute approximate surface area is 121 Å². The van der Waals surface area contributed by atoms with Crippen LogP contribution in [0.2, 0.25) is 0 Å². The Hall–Kier alpha value is -1.72. The number of carbonyl (C=O) groups excluding carboxylic acids is 1. The topological polar surface area (TPSA) is 42.0 Å². The van der Waals surface area contributed by atoms with Crippen molar-refractivity contribution in [3.05, 3.63) is 60.3 Å². The minimum Gasteiger partial charge on any atom is -0.326 e. The predicted molar refractivity (Wildman–Crippen MR) is 83.7 cm³/mol. The van der Waals surface area contributed by atoms with Crippen LogP contribution < -0.4 is 5.32 Å². The number of thiocarbonyl (C=S) groups is 1. The summed E-state index contributed by atoms with van der Waals surface area (Å²) in [6.45, 7) is 0. The SMILES string of the molecule is O=C(CSC(=S)Nc1ccccn1)c1ccccc1. The van der Waals surface area contributed by atoms with Crippen molar-refractivity contribution in [2.24, 2.45) is 0 Å². The number of ketones is 1. The lowest BCUT2D eigenvalue weighted by Gasteiger charge is -2.05. The first kappa shape index (κ1) is 13.7. The zero-order valence-corrected chi connectivity index (χ0v) is 11.7. The summed E-state index contributed by atoms with van der Waals surface area (Å²) in [4.78, 5) is 16.0. The number of anilines is 1. The summed E-state index contributed by atoms with van der Waals surface area (Å²) >= 11 is 6.47. The van der Waals surface area contributed by atoms with Crippen LogP contribution >= 0.6 is 24.0 Å². The second-order valence-electron chi connectivity index (χ2n) is 3.71. The van der Waals surface area contributed by atoms with Crippen molar-refractivity contribution in [1.29, 1.82) is 0 Å². The van der Waals surface area contributed by atoms with Crippen molar-refractivity contribution >= 4 is 39.9 Å². The number of aromatic nitrogens is 1. The second kappa shape index (κ2) is 7.01. The molecular formula is C14H12N2OS2. The van der Waals surface area contributed by atoms with Crippen molar-refractivity contribution in [2.45, 2.75) is 0 Å². The molecule has 0 fully saturated rings. The van der Waals surface area contributed by atoms with Crippen LogP contribution in [-0.2, 0) is 0 Å². The number of nitrogens with zero attached hydrogens (tertiary/aromatic N) is 1. The minimum atomic E-state index is 0.0655. The molecule has 1 aromatic heterocycles. The Kier molecular flexibility index (Phi) is 5.06. The lowest BCUT2D eigenvalue weighted by Crippen LogP contribution is -2.10. The van der Waals surface area contributed by atoms with Gasteiger partial charge in [-0.3, -0.25) is 4.79 Å². The zero-order chi connectivity index (χ0) is 13.5. The van der Waals surface area contributed by atoms with E-state index in [4.69, 9.17) is 12.2 Å². The van der Waals surface area contributed by atoms with E-state index in [-0.39, 0.29) is 5.78 Å². The molecule has 0 amide bonds. The smallest absolute Gasteiger partial charge is 0.173 e. The first-order valence-electron chi connectivity index (χ1n) is 5.69. The maximum Gasteiger partial charge on any atom is 0.173 e. The number of benzene rings is 1. The highest BCUT2D eigenvalue weighted by molar-refractivity contribution is 8.23. The van der Waals surface area contributed by atoms with Crippen LogP contribution in [-0.4, -0.2) is 20.8 Å². The van der Waals surface area contributed by atoms with Crippen LogP contribution in [0.1, 0.15) is 10.4 Å². The molecule has 0 spiro atoms. The van der Waals surface area contributed by atoms with E-state index in [0.717, 1.165) is 0 Å². The molecule has 3 nitrogen and oxygen atoms in total. The zero-order valence-electron chi connectivity index (χ0n) is 10.1. The van der Waals surface area contributed by atoms with E-state index in [0.29, 0.717) is 21.5 Å². The summed E-state index contributed by atoms with van der Waals surface area (Å²) in [5, 5.41) is 2.98. The average molecular weight is 288 g/mol. The van der Waals surface area contributed by atoms with Gasteiger partial charge in [0.2, 0.25) is 0 Å². The second-order valence-corrected chi connectivity index (χ2v) is 5.36. The van der Waals surface area contributed by atoms with Gasteiger partial charge in [-0.15, -0.1) is 0 Å². The number of rotatable bonds is 4. The lowest BCUT2D eigenvalue weighted by atomic mass is 10.2. The summed E-state index contributed by atoms with van der Waals surface area (Å²) < 4.78 is 0.544. The molecule has 1 N–H and O–H groups in total. The fourth-order valence-corrected chi connectivity index (χ4v) is 2.30.